The van der Waals surface area contributed by atoms with Crippen LogP contribution >= 0.6 is 0 Å². The molecule has 0 aromatic heterocycles. The third-order valence-electron chi connectivity index (χ3n) is 3.67. The van der Waals surface area contributed by atoms with Crippen molar-refractivity contribution < 1.29 is 9.59 Å². The molecule has 0 aliphatic carbocycles. The van der Waals surface area contributed by atoms with Crippen LogP contribution in [0, 0.1) is 20.8 Å². The van der Waals surface area contributed by atoms with Crippen molar-refractivity contribution in [2.45, 2.75) is 20.8 Å². The van der Waals surface area contributed by atoms with Crippen molar-refractivity contribution in [3.63, 3.8) is 0 Å². The Labute approximate surface area is 149 Å². The highest BCUT2D eigenvalue weighted by molar-refractivity contribution is 5.94. The van der Waals surface area contributed by atoms with E-state index in [-0.39, 0.29) is 24.9 Å². The summed E-state index contributed by atoms with van der Waals surface area (Å²) in [5.41, 5.74) is 4.86. The lowest BCUT2D eigenvalue weighted by Crippen LogP contribution is -2.36. The van der Waals surface area contributed by atoms with Gasteiger partial charge in [0, 0.05) is 11.4 Å². The molecule has 0 radical (unpaired) electrons. The molecule has 0 saturated heterocycles. The predicted octanol–water partition coefficient (Wildman–Crippen LogP) is 3.12. The predicted molar refractivity (Wildman–Crippen MR) is 102 cm³/mol. The Morgan fingerprint density at radius 1 is 0.760 bits per heavy atom. The number of hydrogen-bond donors (Lipinski definition) is 2. The normalized spacial score (nSPS) is 10.6. The van der Waals surface area contributed by atoms with E-state index < -0.39 is 0 Å². The zero-order valence-corrected chi connectivity index (χ0v) is 15.2. The monoisotopic (exact) mass is 339 g/mol. The summed E-state index contributed by atoms with van der Waals surface area (Å²) in [4.78, 5) is 25.9. The van der Waals surface area contributed by atoms with Crippen molar-refractivity contribution in [2.75, 3.05) is 30.8 Å². The van der Waals surface area contributed by atoms with Gasteiger partial charge in [0.1, 0.15) is 0 Å². The number of nitrogens with zero attached hydrogens (tertiary/aromatic N) is 1. The number of hydrogen-bond acceptors (Lipinski definition) is 3. The lowest BCUT2D eigenvalue weighted by Gasteiger charge is -2.16. The van der Waals surface area contributed by atoms with Gasteiger partial charge in [0.2, 0.25) is 11.8 Å². The first-order valence-corrected chi connectivity index (χ1v) is 8.25. The zero-order chi connectivity index (χ0) is 18.4. The van der Waals surface area contributed by atoms with Crippen LogP contribution in [-0.2, 0) is 9.59 Å². The van der Waals surface area contributed by atoms with Crippen LogP contribution in [0.1, 0.15) is 16.7 Å². The Morgan fingerprint density at radius 2 is 1.24 bits per heavy atom. The fourth-order valence-corrected chi connectivity index (χ4v) is 2.63. The molecule has 0 aliphatic heterocycles. The number of anilines is 2. The number of likely N-dealkylation sites (N-methyl/N-ethyl adjacent to an activating group) is 1. The highest BCUT2D eigenvalue weighted by Gasteiger charge is 2.11. The van der Waals surface area contributed by atoms with Gasteiger partial charge in [-0.15, -0.1) is 0 Å². The number of amides is 2. The van der Waals surface area contributed by atoms with Crippen LogP contribution < -0.4 is 10.6 Å². The van der Waals surface area contributed by atoms with Crippen molar-refractivity contribution in [3.05, 3.63) is 59.2 Å². The first-order chi connectivity index (χ1) is 11.8. The van der Waals surface area contributed by atoms with Gasteiger partial charge in [0.15, 0.2) is 0 Å². The molecule has 5 heteroatoms. The molecule has 0 saturated carbocycles. The quantitative estimate of drug-likeness (QED) is 0.850. The fraction of sp³-hybridized carbons (Fsp3) is 0.300. The molecule has 0 spiro atoms. The Bertz CT molecular complexity index is 734. The molecule has 0 bridgehead atoms. The van der Waals surface area contributed by atoms with Crippen LogP contribution in [0.3, 0.4) is 0 Å². The molecule has 0 atom stereocenters. The lowest BCUT2D eigenvalue weighted by atomic mass is 10.1. The molecule has 0 aliphatic rings. The van der Waals surface area contributed by atoms with Crippen molar-refractivity contribution in [1.29, 1.82) is 0 Å². The summed E-state index contributed by atoms with van der Waals surface area (Å²) in [5, 5.41) is 5.70. The number of rotatable bonds is 6. The van der Waals surface area contributed by atoms with E-state index >= 15 is 0 Å². The molecule has 2 rings (SSSR count). The molecular weight excluding hydrogens is 314 g/mol. The van der Waals surface area contributed by atoms with Gasteiger partial charge in [-0.05, 0) is 63.2 Å². The number of aryl methyl sites for hydroxylation is 3. The lowest BCUT2D eigenvalue weighted by molar-refractivity contribution is -0.119. The van der Waals surface area contributed by atoms with Gasteiger partial charge in [-0.2, -0.15) is 0 Å². The van der Waals surface area contributed by atoms with E-state index in [1.165, 1.54) is 0 Å². The van der Waals surface area contributed by atoms with Gasteiger partial charge in [0.05, 0.1) is 13.1 Å². The van der Waals surface area contributed by atoms with E-state index in [0.717, 1.165) is 28.1 Å². The van der Waals surface area contributed by atoms with Gasteiger partial charge in [-0.25, -0.2) is 0 Å². The topological polar surface area (TPSA) is 61.4 Å². The molecule has 5 nitrogen and oxygen atoms in total. The summed E-state index contributed by atoms with van der Waals surface area (Å²) in [6.07, 6.45) is 0. The first kappa shape index (κ1) is 18.7. The molecule has 0 unspecified atom stereocenters. The second kappa shape index (κ2) is 8.44. The SMILES string of the molecule is Cc1ccc(NC(=O)CN(C)CC(=O)Nc2cc(C)cc(C)c2)cc1. The number of carbonyl (C=O) groups is 2. The molecule has 132 valence electrons. The molecule has 2 amide bonds. The van der Waals surface area contributed by atoms with Crippen LogP contribution in [-0.4, -0.2) is 36.9 Å². The molecule has 25 heavy (non-hydrogen) atoms. The minimum Gasteiger partial charge on any atom is -0.325 e. The van der Waals surface area contributed by atoms with Gasteiger partial charge < -0.3 is 10.6 Å². The summed E-state index contributed by atoms with van der Waals surface area (Å²) >= 11 is 0. The van der Waals surface area contributed by atoms with E-state index in [2.05, 4.69) is 16.7 Å². The van der Waals surface area contributed by atoms with E-state index in [1.807, 2.05) is 57.2 Å². The third kappa shape index (κ3) is 6.39. The Balaban J connectivity index is 1.82. The minimum atomic E-state index is -0.148. The van der Waals surface area contributed by atoms with Gasteiger partial charge in [-0.1, -0.05) is 23.8 Å². The summed E-state index contributed by atoms with van der Waals surface area (Å²) in [6.45, 7) is 6.27. The second-order valence-corrected chi connectivity index (χ2v) is 6.51. The maximum atomic E-state index is 12.1. The van der Waals surface area contributed by atoms with Gasteiger partial charge in [0.25, 0.3) is 0 Å². The number of carbonyl (C=O) groups excluding carboxylic acids is 2. The van der Waals surface area contributed by atoms with Crippen LogP contribution in [0.4, 0.5) is 11.4 Å². The summed E-state index contributed by atoms with van der Waals surface area (Å²) in [6, 6.07) is 13.5. The third-order valence-corrected chi connectivity index (χ3v) is 3.67. The van der Waals surface area contributed by atoms with Crippen LogP contribution in [0.15, 0.2) is 42.5 Å². The summed E-state index contributed by atoms with van der Waals surface area (Å²) in [5.74, 6) is -0.291. The van der Waals surface area contributed by atoms with Crippen molar-refractivity contribution in [3.8, 4) is 0 Å². The number of nitrogens with one attached hydrogen (secondary N) is 2. The first-order valence-electron chi connectivity index (χ1n) is 8.25. The average molecular weight is 339 g/mol. The Hall–Kier alpha value is -2.66. The maximum Gasteiger partial charge on any atom is 0.238 e. The van der Waals surface area contributed by atoms with Gasteiger partial charge >= 0.3 is 0 Å². The Kier molecular flexibility index (Phi) is 6.31. The zero-order valence-electron chi connectivity index (χ0n) is 15.2. The van der Waals surface area contributed by atoms with Gasteiger partial charge in [-0.3, -0.25) is 14.5 Å². The molecule has 2 N–H and O–H groups in total. The van der Waals surface area contributed by atoms with E-state index in [9.17, 15) is 9.59 Å². The van der Waals surface area contributed by atoms with Crippen LogP contribution in [0.5, 0.6) is 0 Å². The van der Waals surface area contributed by atoms with Crippen LogP contribution in [0.2, 0.25) is 0 Å². The van der Waals surface area contributed by atoms with E-state index in [4.69, 9.17) is 0 Å². The summed E-state index contributed by atoms with van der Waals surface area (Å²) in [7, 11) is 1.75. The largest absolute Gasteiger partial charge is 0.325 e. The van der Waals surface area contributed by atoms with Crippen molar-refractivity contribution in [1.82, 2.24) is 4.90 Å². The Morgan fingerprint density at radius 3 is 1.76 bits per heavy atom. The molecule has 2 aromatic carbocycles. The number of benzene rings is 2. The molecule has 0 heterocycles. The molecule has 0 fully saturated rings. The van der Waals surface area contributed by atoms with Crippen molar-refractivity contribution in [2.24, 2.45) is 0 Å². The van der Waals surface area contributed by atoms with E-state index in [1.54, 1.807) is 11.9 Å². The smallest absolute Gasteiger partial charge is 0.238 e. The fourth-order valence-electron chi connectivity index (χ4n) is 2.63. The maximum absolute atomic E-state index is 12.1. The van der Waals surface area contributed by atoms with Crippen LogP contribution in [0.25, 0.3) is 0 Å². The second-order valence-electron chi connectivity index (χ2n) is 6.51. The average Bonchev–Trinajstić information content (AvgIpc) is 2.47. The highest BCUT2D eigenvalue weighted by atomic mass is 16.2. The summed E-state index contributed by atoms with van der Waals surface area (Å²) < 4.78 is 0. The van der Waals surface area contributed by atoms with Crippen molar-refractivity contribution >= 4 is 23.2 Å². The standard InChI is InChI=1S/C20H25N3O2/c1-14-5-7-17(8-6-14)21-19(24)12-23(4)13-20(25)22-18-10-15(2)9-16(3)11-18/h5-11H,12-13H2,1-4H3,(H,21,24)(H,22,25). The highest BCUT2D eigenvalue weighted by Crippen LogP contribution is 2.13. The molecule has 2 aromatic rings. The molecular formula is C20H25N3O2. The van der Waals surface area contributed by atoms with E-state index in [0.29, 0.717) is 0 Å². The minimum absolute atomic E-state index is 0.143.